The highest BCUT2D eigenvalue weighted by Gasteiger charge is 2.21. The Balaban J connectivity index is 2.33. The second-order valence-electron chi connectivity index (χ2n) is 3.70. The molecule has 0 saturated heterocycles. The summed E-state index contributed by atoms with van der Waals surface area (Å²) in [6, 6.07) is 9.83. The third kappa shape index (κ3) is 4.22. The van der Waals surface area contributed by atoms with Crippen molar-refractivity contribution in [3.8, 4) is 5.75 Å². The molecule has 15 heavy (non-hydrogen) atoms. The minimum Gasteiger partial charge on any atom is -0.493 e. The summed E-state index contributed by atoms with van der Waals surface area (Å²) in [5.74, 6) is 0.908. The molecule has 0 N–H and O–H groups in total. The van der Waals surface area contributed by atoms with Gasteiger partial charge in [-0.25, -0.2) is 0 Å². The standard InChI is InChI=1S/C12H17BrO2/c1-12(10-13,14-2)8-9-15-11-6-4-3-5-7-11/h3-7H,8-10H2,1-2H3. The van der Waals surface area contributed by atoms with Gasteiger partial charge in [0.1, 0.15) is 5.75 Å². The van der Waals surface area contributed by atoms with E-state index in [4.69, 9.17) is 9.47 Å². The Labute approximate surface area is 99.7 Å². The minimum atomic E-state index is -0.144. The summed E-state index contributed by atoms with van der Waals surface area (Å²) < 4.78 is 11.0. The molecule has 1 unspecified atom stereocenters. The lowest BCUT2D eigenvalue weighted by molar-refractivity contribution is 0.0106. The number of halogens is 1. The lowest BCUT2D eigenvalue weighted by Gasteiger charge is -2.25. The van der Waals surface area contributed by atoms with Gasteiger partial charge in [-0.05, 0) is 19.1 Å². The fraction of sp³-hybridized carbons (Fsp3) is 0.500. The third-order valence-electron chi connectivity index (χ3n) is 2.42. The first-order valence-corrected chi connectivity index (χ1v) is 6.11. The highest BCUT2D eigenvalue weighted by Crippen LogP contribution is 2.18. The van der Waals surface area contributed by atoms with Crippen LogP contribution in [0, 0.1) is 0 Å². The average molecular weight is 273 g/mol. The van der Waals surface area contributed by atoms with Gasteiger partial charge in [-0.2, -0.15) is 0 Å². The Morgan fingerprint density at radius 3 is 2.47 bits per heavy atom. The summed E-state index contributed by atoms with van der Waals surface area (Å²) in [5, 5.41) is 0.814. The van der Waals surface area contributed by atoms with Crippen molar-refractivity contribution >= 4 is 15.9 Å². The van der Waals surface area contributed by atoms with E-state index in [-0.39, 0.29) is 5.60 Å². The maximum absolute atomic E-state index is 5.60. The van der Waals surface area contributed by atoms with E-state index < -0.39 is 0 Å². The van der Waals surface area contributed by atoms with Crippen LogP contribution in [-0.4, -0.2) is 24.6 Å². The Kier molecular flexibility index (Phi) is 5.12. The molecule has 1 aromatic carbocycles. The fourth-order valence-electron chi connectivity index (χ4n) is 1.12. The van der Waals surface area contributed by atoms with Gasteiger partial charge in [0.05, 0.1) is 12.2 Å². The molecule has 0 spiro atoms. The van der Waals surface area contributed by atoms with Crippen LogP contribution in [0.3, 0.4) is 0 Å². The molecule has 1 atom stereocenters. The van der Waals surface area contributed by atoms with Gasteiger partial charge in [0.2, 0.25) is 0 Å². The number of methoxy groups -OCH3 is 1. The Bertz CT molecular complexity index is 270. The van der Waals surface area contributed by atoms with Crippen molar-refractivity contribution in [3.05, 3.63) is 30.3 Å². The molecule has 3 heteroatoms. The topological polar surface area (TPSA) is 18.5 Å². The largest absolute Gasteiger partial charge is 0.493 e. The van der Waals surface area contributed by atoms with Crippen molar-refractivity contribution in [2.24, 2.45) is 0 Å². The van der Waals surface area contributed by atoms with Crippen molar-refractivity contribution < 1.29 is 9.47 Å². The summed E-state index contributed by atoms with van der Waals surface area (Å²) in [6.07, 6.45) is 0.865. The van der Waals surface area contributed by atoms with E-state index in [0.717, 1.165) is 17.5 Å². The smallest absolute Gasteiger partial charge is 0.119 e. The average Bonchev–Trinajstić information content (AvgIpc) is 2.30. The van der Waals surface area contributed by atoms with Crippen molar-refractivity contribution in [2.75, 3.05) is 19.0 Å². The van der Waals surface area contributed by atoms with Crippen molar-refractivity contribution in [1.82, 2.24) is 0 Å². The van der Waals surface area contributed by atoms with Crippen LogP contribution in [0.1, 0.15) is 13.3 Å². The van der Waals surface area contributed by atoms with E-state index in [1.807, 2.05) is 30.3 Å². The number of alkyl halides is 1. The molecule has 0 aliphatic rings. The molecule has 0 fully saturated rings. The molecule has 0 aromatic heterocycles. The molecule has 0 bridgehead atoms. The summed E-state index contributed by atoms with van der Waals surface area (Å²) >= 11 is 3.44. The number of rotatable bonds is 6. The first kappa shape index (κ1) is 12.5. The predicted molar refractivity (Wildman–Crippen MR) is 65.8 cm³/mol. The van der Waals surface area contributed by atoms with Gasteiger partial charge in [-0.1, -0.05) is 34.1 Å². The van der Waals surface area contributed by atoms with E-state index in [1.165, 1.54) is 0 Å². The molecule has 1 aromatic rings. The highest BCUT2D eigenvalue weighted by molar-refractivity contribution is 9.09. The van der Waals surface area contributed by atoms with Crippen LogP contribution < -0.4 is 4.74 Å². The van der Waals surface area contributed by atoms with Crippen molar-refractivity contribution in [2.45, 2.75) is 18.9 Å². The van der Waals surface area contributed by atoms with Crippen LogP contribution in [0.25, 0.3) is 0 Å². The maximum Gasteiger partial charge on any atom is 0.119 e. The van der Waals surface area contributed by atoms with Crippen molar-refractivity contribution in [1.29, 1.82) is 0 Å². The molecule has 0 saturated carbocycles. The lowest BCUT2D eigenvalue weighted by Crippen LogP contribution is -2.31. The number of benzene rings is 1. The van der Waals surface area contributed by atoms with E-state index >= 15 is 0 Å². The molecule has 0 amide bonds. The normalized spacial score (nSPS) is 14.6. The zero-order valence-electron chi connectivity index (χ0n) is 9.20. The Hall–Kier alpha value is -0.540. The number of ether oxygens (including phenoxy) is 2. The quantitative estimate of drug-likeness (QED) is 0.741. The van der Waals surface area contributed by atoms with Crippen LogP contribution in [0.4, 0.5) is 0 Å². The summed E-state index contributed by atoms with van der Waals surface area (Å²) in [5.41, 5.74) is -0.144. The van der Waals surface area contributed by atoms with Crippen LogP contribution in [0.5, 0.6) is 5.75 Å². The summed E-state index contributed by atoms with van der Waals surface area (Å²) in [7, 11) is 1.73. The van der Waals surface area contributed by atoms with E-state index in [9.17, 15) is 0 Å². The monoisotopic (exact) mass is 272 g/mol. The SMILES string of the molecule is COC(C)(CBr)CCOc1ccccc1. The summed E-state index contributed by atoms with van der Waals surface area (Å²) in [4.78, 5) is 0. The maximum atomic E-state index is 5.60. The Morgan fingerprint density at radius 1 is 1.27 bits per heavy atom. The first-order chi connectivity index (χ1) is 7.20. The minimum absolute atomic E-state index is 0.144. The van der Waals surface area contributed by atoms with Gasteiger partial charge in [-0.3, -0.25) is 0 Å². The molecule has 0 aliphatic carbocycles. The second kappa shape index (κ2) is 6.13. The summed E-state index contributed by atoms with van der Waals surface area (Å²) in [6.45, 7) is 2.73. The van der Waals surface area contributed by atoms with Gasteiger partial charge in [0, 0.05) is 18.9 Å². The van der Waals surface area contributed by atoms with Crippen LogP contribution in [-0.2, 0) is 4.74 Å². The highest BCUT2D eigenvalue weighted by atomic mass is 79.9. The third-order valence-corrected chi connectivity index (χ3v) is 3.60. The molecule has 84 valence electrons. The number of hydrogen-bond donors (Lipinski definition) is 0. The molecule has 2 nitrogen and oxygen atoms in total. The van der Waals surface area contributed by atoms with Crippen LogP contribution in [0.2, 0.25) is 0 Å². The first-order valence-electron chi connectivity index (χ1n) is 4.99. The molecule has 1 rings (SSSR count). The number of para-hydroxylation sites is 1. The van der Waals surface area contributed by atoms with Gasteiger partial charge in [0.25, 0.3) is 0 Å². The zero-order valence-corrected chi connectivity index (χ0v) is 10.8. The van der Waals surface area contributed by atoms with Crippen LogP contribution in [0.15, 0.2) is 30.3 Å². The molecule has 0 radical (unpaired) electrons. The lowest BCUT2D eigenvalue weighted by atomic mass is 10.1. The van der Waals surface area contributed by atoms with Crippen LogP contribution >= 0.6 is 15.9 Å². The molecule has 0 heterocycles. The van der Waals surface area contributed by atoms with E-state index in [0.29, 0.717) is 6.61 Å². The Morgan fingerprint density at radius 2 is 1.93 bits per heavy atom. The zero-order chi connectivity index (χ0) is 11.1. The molecule has 0 aliphatic heterocycles. The molecular formula is C12H17BrO2. The van der Waals surface area contributed by atoms with Gasteiger partial charge >= 0.3 is 0 Å². The van der Waals surface area contributed by atoms with Gasteiger partial charge in [0.15, 0.2) is 0 Å². The van der Waals surface area contributed by atoms with Gasteiger partial charge < -0.3 is 9.47 Å². The molecular weight excluding hydrogens is 256 g/mol. The van der Waals surface area contributed by atoms with Crippen molar-refractivity contribution in [3.63, 3.8) is 0 Å². The second-order valence-corrected chi connectivity index (χ2v) is 4.26. The van der Waals surface area contributed by atoms with E-state index in [1.54, 1.807) is 7.11 Å². The van der Waals surface area contributed by atoms with Gasteiger partial charge in [-0.15, -0.1) is 0 Å². The fourth-order valence-corrected chi connectivity index (χ4v) is 1.63. The predicted octanol–water partition coefficient (Wildman–Crippen LogP) is 3.26. The number of hydrogen-bond acceptors (Lipinski definition) is 2. The van der Waals surface area contributed by atoms with E-state index in [2.05, 4.69) is 22.9 Å².